The molecule has 0 fully saturated rings. The van der Waals surface area contributed by atoms with Crippen molar-refractivity contribution in [2.24, 2.45) is 0 Å². The lowest BCUT2D eigenvalue weighted by Gasteiger charge is -2.07. The monoisotopic (exact) mass is 345 g/mol. The van der Waals surface area contributed by atoms with E-state index >= 15 is 0 Å². The third kappa shape index (κ3) is 5.51. The van der Waals surface area contributed by atoms with Crippen molar-refractivity contribution in [2.45, 2.75) is 17.8 Å². The second-order valence-corrected chi connectivity index (χ2v) is 5.44. The standard InChI is InChI=1S/C14H11F4N3OS/c15-9-1-3-10(4-2-9)20-12(22)6-8-23-13-19-7-5-11(21-13)14(16,17)18/h1-5,7H,6,8H2,(H,20,22). The Morgan fingerprint density at radius 3 is 2.52 bits per heavy atom. The first-order chi connectivity index (χ1) is 10.8. The second kappa shape index (κ2) is 7.40. The van der Waals surface area contributed by atoms with E-state index in [9.17, 15) is 22.4 Å². The van der Waals surface area contributed by atoms with Crippen LogP contribution in [0.2, 0.25) is 0 Å². The minimum atomic E-state index is -4.53. The van der Waals surface area contributed by atoms with Gasteiger partial charge in [-0.25, -0.2) is 14.4 Å². The Bertz CT molecular complexity index is 676. The van der Waals surface area contributed by atoms with Gasteiger partial charge in [-0.2, -0.15) is 13.2 Å². The average Bonchev–Trinajstić information content (AvgIpc) is 2.49. The highest BCUT2D eigenvalue weighted by Gasteiger charge is 2.32. The number of rotatable bonds is 5. The summed E-state index contributed by atoms with van der Waals surface area (Å²) in [6.45, 7) is 0. The smallest absolute Gasteiger partial charge is 0.326 e. The summed E-state index contributed by atoms with van der Waals surface area (Å²) < 4.78 is 50.2. The number of aromatic nitrogens is 2. The normalized spacial score (nSPS) is 11.3. The van der Waals surface area contributed by atoms with Crippen LogP contribution in [0.15, 0.2) is 41.7 Å². The molecule has 0 saturated carbocycles. The fourth-order valence-corrected chi connectivity index (χ4v) is 2.33. The van der Waals surface area contributed by atoms with E-state index < -0.39 is 17.7 Å². The quantitative estimate of drug-likeness (QED) is 0.509. The maximum atomic E-state index is 12.7. The molecule has 0 atom stereocenters. The first-order valence-corrected chi connectivity index (χ1v) is 7.41. The second-order valence-electron chi connectivity index (χ2n) is 4.38. The van der Waals surface area contributed by atoms with Gasteiger partial charge in [0.25, 0.3) is 0 Å². The number of alkyl halides is 3. The fourth-order valence-electron chi connectivity index (χ4n) is 1.56. The van der Waals surface area contributed by atoms with Gasteiger partial charge < -0.3 is 5.32 Å². The number of thioether (sulfide) groups is 1. The molecule has 0 spiro atoms. The summed E-state index contributed by atoms with van der Waals surface area (Å²) in [6, 6.07) is 6.03. The first-order valence-electron chi connectivity index (χ1n) is 6.43. The van der Waals surface area contributed by atoms with Crippen LogP contribution in [0.5, 0.6) is 0 Å². The van der Waals surface area contributed by atoms with E-state index in [1.54, 1.807) is 0 Å². The van der Waals surface area contributed by atoms with E-state index in [1.807, 2.05) is 0 Å². The molecule has 0 aliphatic rings. The van der Waals surface area contributed by atoms with Crippen molar-refractivity contribution in [2.75, 3.05) is 11.1 Å². The van der Waals surface area contributed by atoms with Gasteiger partial charge in [-0.15, -0.1) is 0 Å². The predicted molar refractivity (Wildman–Crippen MR) is 77.4 cm³/mol. The van der Waals surface area contributed by atoms with E-state index in [2.05, 4.69) is 15.3 Å². The molecular formula is C14H11F4N3OS. The lowest BCUT2D eigenvalue weighted by Crippen LogP contribution is -2.12. The number of benzene rings is 1. The van der Waals surface area contributed by atoms with Gasteiger partial charge in [-0.3, -0.25) is 4.79 Å². The molecule has 9 heteroatoms. The molecule has 1 heterocycles. The number of hydrogen-bond donors (Lipinski definition) is 1. The van der Waals surface area contributed by atoms with Crippen LogP contribution in [-0.2, 0) is 11.0 Å². The van der Waals surface area contributed by atoms with Crippen LogP contribution in [0.4, 0.5) is 23.2 Å². The Morgan fingerprint density at radius 1 is 1.17 bits per heavy atom. The van der Waals surface area contributed by atoms with Crippen LogP contribution in [0, 0.1) is 5.82 Å². The molecule has 122 valence electrons. The number of nitrogens with zero attached hydrogens (tertiary/aromatic N) is 2. The minimum Gasteiger partial charge on any atom is -0.326 e. The zero-order chi connectivity index (χ0) is 16.9. The maximum Gasteiger partial charge on any atom is 0.433 e. The number of carbonyl (C=O) groups excluding carboxylic acids is 1. The topological polar surface area (TPSA) is 54.9 Å². The van der Waals surface area contributed by atoms with Gasteiger partial charge in [0, 0.05) is 24.1 Å². The van der Waals surface area contributed by atoms with Gasteiger partial charge in [0.05, 0.1) is 0 Å². The number of halogens is 4. The third-order valence-electron chi connectivity index (χ3n) is 2.61. The number of amides is 1. The minimum absolute atomic E-state index is 0.0468. The van der Waals surface area contributed by atoms with Crippen molar-refractivity contribution in [3.8, 4) is 0 Å². The van der Waals surface area contributed by atoms with E-state index in [-0.39, 0.29) is 23.2 Å². The molecular weight excluding hydrogens is 334 g/mol. The Labute approximate surface area is 133 Å². The molecule has 1 aromatic carbocycles. The Balaban J connectivity index is 1.82. The molecule has 2 rings (SSSR count). The van der Waals surface area contributed by atoms with E-state index in [1.165, 1.54) is 24.3 Å². The summed E-state index contributed by atoms with van der Waals surface area (Å²) in [5.74, 6) is -0.537. The summed E-state index contributed by atoms with van der Waals surface area (Å²) in [5.41, 5.74) is -0.581. The SMILES string of the molecule is O=C(CCSc1nccc(C(F)(F)F)n1)Nc1ccc(F)cc1. The summed E-state index contributed by atoms with van der Waals surface area (Å²) in [4.78, 5) is 18.8. The van der Waals surface area contributed by atoms with Crippen LogP contribution < -0.4 is 5.32 Å². The van der Waals surface area contributed by atoms with Crippen LogP contribution in [0.1, 0.15) is 12.1 Å². The maximum absolute atomic E-state index is 12.7. The predicted octanol–water partition coefficient (Wildman–Crippen LogP) is 3.76. The van der Waals surface area contributed by atoms with Gasteiger partial charge in [-0.05, 0) is 30.3 Å². The Hall–Kier alpha value is -2.16. The van der Waals surface area contributed by atoms with E-state index in [4.69, 9.17) is 0 Å². The lowest BCUT2D eigenvalue weighted by molar-refractivity contribution is -0.141. The van der Waals surface area contributed by atoms with E-state index in [0.29, 0.717) is 5.69 Å². The molecule has 0 unspecified atom stereocenters. The molecule has 4 nitrogen and oxygen atoms in total. The number of nitrogens with one attached hydrogen (secondary N) is 1. The van der Waals surface area contributed by atoms with Crippen molar-refractivity contribution in [3.63, 3.8) is 0 Å². The first kappa shape index (κ1) is 17.2. The van der Waals surface area contributed by atoms with Crippen molar-refractivity contribution >= 4 is 23.4 Å². The Morgan fingerprint density at radius 2 is 1.87 bits per heavy atom. The highest BCUT2D eigenvalue weighted by molar-refractivity contribution is 7.99. The Kier molecular flexibility index (Phi) is 5.54. The van der Waals surface area contributed by atoms with Gasteiger partial charge in [0.1, 0.15) is 11.5 Å². The van der Waals surface area contributed by atoms with Gasteiger partial charge in [0.15, 0.2) is 5.16 Å². The van der Waals surface area contributed by atoms with Crippen LogP contribution in [-0.4, -0.2) is 21.6 Å². The molecule has 23 heavy (non-hydrogen) atoms. The highest BCUT2D eigenvalue weighted by atomic mass is 32.2. The lowest BCUT2D eigenvalue weighted by atomic mass is 10.3. The summed E-state index contributed by atoms with van der Waals surface area (Å²) in [5, 5.41) is 2.50. The fraction of sp³-hybridized carbons (Fsp3) is 0.214. The number of anilines is 1. The highest BCUT2D eigenvalue weighted by Crippen LogP contribution is 2.28. The van der Waals surface area contributed by atoms with Gasteiger partial charge in [0.2, 0.25) is 5.91 Å². The van der Waals surface area contributed by atoms with Crippen molar-refractivity contribution in [3.05, 3.63) is 48.0 Å². The molecule has 0 bridgehead atoms. The van der Waals surface area contributed by atoms with Crippen molar-refractivity contribution in [1.29, 1.82) is 0 Å². The van der Waals surface area contributed by atoms with Gasteiger partial charge >= 0.3 is 6.18 Å². The van der Waals surface area contributed by atoms with Crippen molar-refractivity contribution < 1.29 is 22.4 Å². The third-order valence-corrected chi connectivity index (χ3v) is 3.48. The molecule has 1 amide bonds. The number of hydrogen-bond acceptors (Lipinski definition) is 4. The molecule has 0 radical (unpaired) electrons. The average molecular weight is 345 g/mol. The summed E-state index contributed by atoms with van der Waals surface area (Å²) in [6.07, 6.45) is -3.45. The zero-order valence-electron chi connectivity index (χ0n) is 11.6. The summed E-state index contributed by atoms with van der Waals surface area (Å²) in [7, 11) is 0. The summed E-state index contributed by atoms with van der Waals surface area (Å²) >= 11 is 0.949. The molecule has 0 aliphatic carbocycles. The van der Waals surface area contributed by atoms with Crippen LogP contribution in [0.25, 0.3) is 0 Å². The van der Waals surface area contributed by atoms with Crippen molar-refractivity contribution in [1.82, 2.24) is 9.97 Å². The molecule has 0 aliphatic heterocycles. The van der Waals surface area contributed by atoms with Crippen LogP contribution >= 0.6 is 11.8 Å². The van der Waals surface area contributed by atoms with E-state index in [0.717, 1.165) is 24.0 Å². The molecule has 1 N–H and O–H groups in total. The largest absolute Gasteiger partial charge is 0.433 e. The van der Waals surface area contributed by atoms with Crippen LogP contribution in [0.3, 0.4) is 0 Å². The number of carbonyl (C=O) groups is 1. The molecule has 0 saturated heterocycles. The zero-order valence-corrected chi connectivity index (χ0v) is 12.4. The molecule has 1 aromatic heterocycles. The molecule has 2 aromatic rings. The van der Waals surface area contributed by atoms with Gasteiger partial charge in [-0.1, -0.05) is 11.8 Å².